The van der Waals surface area contributed by atoms with Gasteiger partial charge in [0.1, 0.15) is 11.5 Å². The monoisotopic (exact) mass is 473 g/mol. The second kappa shape index (κ2) is 11.0. The number of alkyl halides is 3. The van der Waals surface area contributed by atoms with Gasteiger partial charge in [0, 0.05) is 24.6 Å². The fourth-order valence-corrected chi connectivity index (χ4v) is 3.43. The molecule has 0 radical (unpaired) electrons. The maximum Gasteiger partial charge on any atom is 0.416 e. The summed E-state index contributed by atoms with van der Waals surface area (Å²) in [4.78, 5) is 14.9. The summed E-state index contributed by atoms with van der Waals surface area (Å²) >= 11 is 0. The van der Waals surface area contributed by atoms with E-state index in [1.54, 1.807) is 24.3 Å². The summed E-state index contributed by atoms with van der Waals surface area (Å²) in [7, 11) is 0. The number of carboxylic acid groups (broad SMARTS) is 1. The van der Waals surface area contributed by atoms with Crippen molar-refractivity contribution in [2.45, 2.75) is 45.4 Å². The van der Waals surface area contributed by atoms with Crippen molar-refractivity contribution in [3.63, 3.8) is 0 Å². The Labute approximate surface area is 196 Å². The molecule has 1 N–H and O–H groups in total. The highest BCUT2D eigenvalue weighted by Crippen LogP contribution is 2.37. The summed E-state index contributed by atoms with van der Waals surface area (Å²) in [6.45, 7) is 4.07. The second-order valence-corrected chi connectivity index (χ2v) is 7.97. The summed E-state index contributed by atoms with van der Waals surface area (Å²) in [6, 6.07) is 13.9. The van der Waals surface area contributed by atoms with Gasteiger partial charge in [-0.1, -0.05) is 12.1 Å². The van der Waals surface area contributed by atoms with Gasteiger partial charge in [0.05, 0.1) is 24.0 Å². The standard InChI is InChI=1S/C26H26F3NO4/c1-17-15-21(9-6-19(17)7-11-25(31)32)33-14-12-18(2)34-24-10-8-20(26(27,28)29)16-22(24)23-5-3-4-13-30-23/h3-6,8-10,13,15-16,18H,7,11-12,14H2,1-2H3,(H,31,32). The molecule has 3 rings (SSSR count). The van der Waals surface area contributed by atoms with Crippen LogP contribution in [0, 0.1) is 6.92 Å². The lowest BCUT2D eigenvalue weighted by Crippen LogP contribution is -2.17. The average molecular weight is 473 g/mol. The number of halogens is 3. The first-order valence-electron chi connectivity index (χ1n) is 10.9. The van der Waals surface area contributed by atoms with E-state index in [2.05, 4.69) is 4.98 Å². The van der Waals surface area contributed by atoms with Crippen LogP contribution >= 0.6 is 0 Å². The Morgan fingerprint density at radius 1 is 1.12 bits per heavy atom. The number of nitrogens with zero attached hydrogens (tertiary/aromatic N) is 1. The van der Waals surface area contributed by atoms with E-state index >= 15 is 0 Å². The number of aromatic nitrogens is 1. The van der Waals surface area contributed by atoms with Gasteiger partial charge in [-0.25, -0.2) is 0 Å². The number of carbonyl (C=O) groups is 1. The van der Waals surface area contributed by atoms with Crippen molar-refractivity contribution in [2.24, 2.45) is 0 Å². The predicted octanol–water partition coefficient (Wildman–Crippen LogP) is 6.33. The summed E-state index contributed by atoms with van der Waals surface area (Å²) < 4.78 is 51.5. The zero-order valence-electron chi connectivity index (χ0n) is 18.9. The number of ether oxygens (including phenoxy) is 2. The number of rotatable bonds is 10. The van der Waals surface area contributed by atoms with Gasteiger partial charge in [0.25, 0.3) is 0 Å². The van der Waals surface area contributed by atoms with E-state index in [0.717, 1.165) is 23.3 Å². The van der Waals surface area contributed by atoms with Crippen molar-refractivity contribution in [1.82, 2.24) is 4.98 Å². The molecule has 0 aliphatic heterocycles. The maximum atomic E-state index is 13.2. The van der Waals surface area contributed by atoms with Crippen molar-refractivity contribution in [3.05, 3.63) is 77.5 Å². The van der Waals surface area contributed by atoms with Gasteiger partial charge in [-0.15, -0.1) is 0 Å². The maximum absolute atomic E-state index is 13.2. The Hall–Kier alpha value is -3.55. The number of pyridine rings is 1. The van der Waals surface area contributed by atoms with Crippen LogP contribution in [0.3, 0.4) is 0 Å². The third-order valence-electron chi connectivity index (χ3n) is 5.29. The Kier molecular flexibility index (Phi) is 8.15. The molecule has 0 aliphatic carbocycles. The molecule has 3 aromatic rings. The van der Waals surface area contributed by atoms with E-state index < -0.39 is 17.7 Å². The highest BCUT2D eigenvalue weighted by Gasteiger charge is 2.31. The molecule has 8 heteroatoms. The first-order valence-corrected chi connectivity index (χ1v) is 10.9. The molecule has 34 heavy (non-hydrogen) atoms. The molecule has 1 unspecified atom stereocenters. The molecule has 2 aromatic carbocycles. The smallest absolute Gasteiger partial charge is 0.416 e. The van der Waals surface area contributed by atoms with Gasteiger partial charge < -0.3 is 14.6 Å². The molecule has 5 nitrogen and oxygen atoms in total. The molecule has 0 aliphatic rings. The SMILES string of the molecule is Cc1cc(OCCC(C)Oc2ccc(C(F)(F)F)cc2-c2ccccn2)ccc1CCC(=O)O. The van der Waals surface area contributed by atoms with Crippen LogP contribution in [-0.2, 0) is 17.4 Å². The molecule has 0 bridgehead atoms. The van der Waals surface area contributed by atoms with Gasteiger partial charge in [-0.2, -0.15) is 13.2 Å². The zero-order chi connectivity index (χ0) is 24.7. The van der Waals surface area contributed by atoms with Crippen LogP contribution in [-0.4, -0.2) is 28.8 Å². The molecule has 0 saturated heterocycles. The van der Waals surface area contributed by atoms with E-state index in [4.69, 9.17) is 14.6 Å². The van der Waals surface area contributed by atoms with E-state index in [1.807, 2.05) is 26.0 Å². The Balaban J connectivity index is 1.63. The molecule has 0 amide bonds. The summed E-state index contributed by atoms with van der Waals surface area (Å²) in [5.41, 5.74) is 1.81. The fraction of sp³-hybridized carbons (Fsp3) is 0.308. The zero-order valence-corrected chi connectivity index (χ0v) is 18.9. The number of aliphatic carboxylic acids is 1. The largest absolute Gasteiger partial charge is 0.493 e. The molecule has 0 spiro atoms. The molecule has 1 atom stereocenters. The van der Waals surface area contributed by atoms with Crippen molar-refractivity contribution in [2.75, 3.05) is 6.61 Å². The van der Waals surface area contributed by atoms with Crippen LogP contribution in [0.4, 0.5) is 13.2 Å². The number of aryl methyl sites for hydroxylation is 2. The van der Waals surface area contributed by atoms with E-state index in [0.29, 0.717) is 36.6 Å². The number of benzene rings is 2. The topological polar surface area (TPSA) is 68.7 Å². The van der Waals surface area contributed by atoms with Crippen molar-refractivity contribution < 1.29 is 32.5 Å². The Morgan fingerprint density at radius 2 is 1.91 bits per heavy atom. The molecular weight excluding hydrogens is 447 g/mol. The summed E-state index contributed by atoms with van der Waals surface area (Å²) in [5.74, 6) is 0.137. The average Bonchev–Trinajstić information content (AvgIpc) is 2.78. The first-order chi connectivity index (χ1) is 16.1. The second-order valence-electron chi connectivity index (χ2n) is 7.97. The van der Waals surface area contributed by atoms with Gasteiger partial charge >= 0.3 is 12.1 Å². The van der Waals surface area contributed by atoms with Crippen LogP contribution in [0.15, 0.2) is 60.8 Å². The molecule has 0 saturated carbocycles. The number of hydrogen-bond acceptors (Lipinski definition) is 4. The quantitative estimate of drug-likeness (QED) is 0.373. The molecule has 1 aromatic heterocycles. The van der Waals surface area contributed by atoms with Crippen LogP contribution in [0.25, 0.3) is 11.3 Å². The summed E-state index contributed by atoms with van der Waals surface area (Å²) in [6.07, 6.45) is -2.25. The minimum Gasteiger partial charge on any atom is -0.493 e. The highest BCUT2D eigenvalue weighted by molar-refractivity contribution is 5.68. The minimum absolute atomic E-state index is 0.0698. The van der Waals surface area contributed by atoms with Crippen LogP contribution in [0.2, 0.25) is 0 Å². The van der Waals surface area contributed by atoms with Crippen molar-refractivity contribution in [3.8, 4) is 22.8 Å². The molecular formula is C26H26F3NO4. The normalized spacial score (nSPS) is 12.3. The predicted molar refractivity (Wildman–Crippen MR) is 122 cm³/mol. The minimum atomic E-state index is -4.47. The first kappa shape index (κ1) is 25.1. The van der Waals surface area contributed by atoms with Crippen molar-refractivity contribution in [1.29, 1.82) is 0 Å². The van der Waals surface area contributed by atoms with Gasteiger partial charge in [-0.05, 0) is 73.9 Å². The fourth-order valence-electron chi connectivity index (χ4n) is 3.43. The third-order valence-corrected chi connectivity index (χ3v) is 5.29. The van der Waals surface area contributed by atoms with Crippen LogP contribution in [0.1, 0.15) is 36.5 Å². The molecule has 1 heterocycles. The lowest BCUT2D eigenvalue weighted by atomic mass is 10.0. The summed E-state index contributed by atoms with van der Waals surface area (Å²) in [5, 5.41) is 8.84. The van der Waals surface area contributed by atoms with Crippen LogP contribution < -0.4 is 9.47 Å². The third kappa shape index (κ3) is 6.97. The Morgan fingerprint density at radius 3 is 2.56 bits per heavy atom. The molecule has 180 valence electrons. The number of carboxylic acids is 1. The lowest BCUT2D eigenvalue weighted by Gasteiger charge is -2.19. The van der Waals surface area contributed by atoms with E-state index in [-0.39, 0.29) is 18.1 Å². The number of hydrogen-bond donors (Lipinski definition) is 1. The van der Waals surface area contributed by atoms with Gasteiger partial charge in [-0.3, -0.25) is 9.78 Å². The van der Waals surface area contributed by atoms with E-state index in [9.17, 15) is 18.0 Å². The Bertz CT molecular complexity index is 1120. The van der Waals surface area contributed by atoms with E-state index in [1.165, 1.54) is 12.3 Å². The molecule has 0 fully saturated rings. The van der Waals surface area contributed by atoms with Crippen LogP contribution in [0.5, 0.6) is 11.5 Å². The lowest BCUT2D eigenvalue weighted by molar-refractivity contribution is -0.138. The highest BCUT2D eigenvalue weighted by atomic mass is 19.4. The van der Waals surface area contributed by atoms with Crippen molar-refractivity contribution >= 4 is 5.97 Å². The van der Waals surface area contributed by atoms with Gasteiger partial charge in [0.2, 0.25) is 0 Å². The van der Waals surface area contributed by atoms with Gasteiger partial charge in [0.15, 0.2) is 0 Å².